The number of aromatic nitrogens is 1. The minimum atomic E-state index is -0.176. The number of aryl methyl sites for hydroxylation is 6. The van der Waals surface area contributed by atoms with Crippen molar-refractivity contribution in [3.8, 4) is 27.9 Å². The highest BCUT2D eigenvalue weighted by atomic mass is 15.2. The van der Waals surface area contributed by atoms with Gasteiger partial charge < -0.3 is 14.4 Å². The summed E-state index contributed by atoms with van der Waals surface area (Å²) >= 11 is 0. The standard InChI is InChI=1S/C79H84BN3/c1-45-25-23-26-46(2)72(45)81-64-33-31-52(75(7,8)9)39-58(64)59-43-63-67(44-66(59)81)83(73-47(3)35-51(36-48(73)4)56-28-24-30-61-70(56)57-27-21-22-29-60(57)79(61,19)20)69-42-55(78(16,17)18)41-68-71(69)80(63)62-40-53(76(10,11)12)32-34-65(62)82(68)74-49(5)37-54(38-50(74)6)77(13,14)15/h21-44H,1-20H3. The van der Waals surface area contributed by atoms with Gasteiger partial charge in [-0.25, -0.2) is 0 Å². The smallest absolute Gasteiger partial charge is 0.252 e. The van der Waals surface area contributed by atoms with E-state index in [2.05, 4.69) is 298 Å². The molecule has 0 atom stereocenters. The third-order valence-corrected chi connectivity index (χ3v) is 19.4. The van der Waals surface area contributed by atoms with Crippen LogP contribution in [-0.2, 0) is 27.1 Å². The van der Waals surface area contributed by atoms with E-state index in [9.17, 15) is 0 Å². The molecule has 1 aromatic heterocycles. The zero-order valence-corrected chi connectivity index (χ0v) is 53.3. The van der Waals surface area contributed by atoms with Crippen LogP contribution in [0.4, 0.5) is 34.1 Å². The minimum Gasteiger partial charge on any atom is -0.311 e. The molecule has 0 spiro atoms. The third-order valence-electron chi connectivity index (χ3n) is 19.4. The van der Waals surface area contributed by atoms with Crippen LogP contribution in [0.2, 0.25) is 0 Å². The fraction of sp³-hybridized carbons (Fsp3) is 0.316. The maximum atomic E-state index is 2.73. The van der Waals surface area contributed by atoms with Gasteiger partial charge in [-0.2, -0.15) is 0 Å². The second-order valence-corrected chi connectivity index (χ2v) is 29.9. The largest absolute Gasteiger partial charge is 0.311 e. The van der Waals surface area contributed by atoms with E-state index in [1.165, 1.54) is 167 Å². The third kappa shape index (κ3) is 8.26. The highest BCUT2D eigenvalue weighted by Gasteiger charge is 2.46. The van der Waals surface area contributed by atoms with Crippen LogP contribution in [0.1, 0.15) is 164 Å². The zero-order chi connectivity index (χ0) is 59.1. The number of hydrogen-bond acceptors (Lipinski definition) is 2. The molecule has 418 valence electrons. The quantitative estimate of drug-likeness (QED) is 0.163. The monoisotopic (exact) mass is 1090 g/mol. The summed E-state index contributed by atoms with van der Waals surface area (Å²) < 4.78 is 2.60. The van der Waals surface area contributed by atoms with Crippen LogP contribution in [0, 0.1) is 41.5 Å². The minimum absolute atomic E-state index is 0.00298. The van der Waals surface area contributed by atoms with E-state index in [0.29, 0.717) is 0 Å². The predicted molar refractivity (Wildman–Crippen MR) is 361 cm³/mol. The molecule has 10 aromatic rings. The Hall–Kier alpha value is -7.56. The second-order valence-electron chi connectivity index (χ2n) is 29.9. The number of benzene rings is 9. The Bertz CT molecular complexity index is 4350. The van der Waals surface area contributed by atoms with Gasteiger partial charge in [0.15, 0.2) is 0 Å². The average Bonchev–Trinajstić information content (AvgIpc) is 1.56. The maximum Gasteiger partial charge on any atom is 0.252 e. The van der Waals surface area contributed by atoms with Crippen molar-refractivity contribution >= 4 is 79.0 Å². The first-order valence-electron chi connectivity index (χ1n) is 30.5. The molecule has 3 nitrogen and oxygen atoms in total. The van der Waals surface area contributed by atoms with Gasteiger partial charge in [0.25, 0.3) is 6.71 Å². The van der Waals surface area contributed by atoms with Crippen molar-refractivity contribution < 1.29 is 0 Å². The summed E-state index contributed by atoms with van der Waals surface area (Å²) in [5.41, 5.74) is 35.9. The van der Waals surface area contributed by atoms with E-state index in [-0.39, 0.29) is 33.8 Å². The molecule has 4 heteroatoms. The Balaban J connectivity index is 1.19. The van der Waals surface area contributed by atoms with Gasteiger partial charge in [0.1, 0.15) is 0 Å². The van der Waals surface area contributed by atoms with Gasteiger partial charge in [-0.15, -0.1) is 0 Å². The number of hydrogen-bond donors (Lipinski definition) is 0. The molecule has 3 heterocycles. The fourth-order valence-corrected chi connectivity index (χ4v) is 15.0. The van der Waals surface area contributed by atoms with E-state index >= 15 is 0 Å². The van der Waals surface area contributed by atoms with Crippen molar-refractivity contribution in [2.45, 2.75) is 166 Å². The summed E-state index contributed by atoms with van der Waals surface area (Å²) in [6.07, 6.45) is 0. The normalized spacial score (nSPS) is 14.5. The number of nitrogens with zero attached hydrogens (tertiary/aromatic N) is 3. The lowest BCUT2D eigenvalue weighted by molar-refractivity contribution is 0.589. The molecule has 0 bridgehead atoms. The van der Waals surface area contributed by atoms with Crippen LogP contribution in [0.25, 0.3) is 49.7 Å². The molecule has 0 unspecified atom stereocenters. The molecule has 0 saturated carbocycles. The Morgan fingerprint density at radius 2 is 0.843 bits per heavy atom. The Morgan fingerprint density at radius 3 is 1.45 bits per heavy atom. The molecule has 1 aliphatic carbocycles. The Labute approximate surface area is 496 Å². The fourth-order valence-electron chi connectivity index (χ4n) is 15.0. The summed E-state index contributed by atoms with van der Waals surface area (Å²) in [5, 5.41) is 2.58. The highest BCUT2D eigenvalue weighted by Crippen LogP contribution is 2.55. The van der Waals surface area contributed by atoms with Crippen molar-refractivity contribution in [3.05, 3.63) is 212 Å². The molecular weight excluding hydrogens is 1000 g/mol. The zero-order valence-electron chi connectivity index (χ0n) is 53.3. The van der Waals surface area contributed by atoms with E-state index in [1.807, 2.05) is 0 Å². The van der Waals surface area contributed by atoms with Crippen LogP contribution >= 0.6 is 0 Å². The van der Waals surface area contributed by atoms with Gasteiger partial charge in [-0.3, -0.25) is 0 Å². The van der Waals surface area contributed by atoms with Crippen molar-refractivity contribution in [1.82, 2.24) is 4.57 Å². The summed E-state index contributed by atoms with van der Waals surface area (Å²) in [6.45, 7) is 47.1. The highest BCUT2D eigenvalue weighted by molar-refractivity contribution is 7.00. The lowest BCUT2D eigenvalue weighted by atomic mass is 9.33. The number of para-hydroxylation sites is 1. The summed E-state index contributed by atoms with van der Waals surface area (Å²) in [5.74, 6) is 0. The van der Waals surface area contributed by atoms with Crippen molar-refractivity contribution in [2.24, 2.45) is 0 Å². The van der Waals surface area contributed by atoms with Gasteiger partial charge >= 0.3 is 0 Å². The molecule has 0 amide bonds. The van der Waals surface area contributed by atoms with E-state index in [1.54, 1.807) is 0 Å². The number of anilines is 6. The van der Waals surface area contributed by atoms with E-state index in [0.717, 1.165) is 0 Å². The summed E-state index contributed by atoms with van der Waals surface area (Å²) in [6, 6.07) is 58.0. The number of rotatable bonds is 4. The SMILES string of the molecule is Cc1cc(C(C)(C)C)cc(C)c1N1c2ccc(C(C)(C)C)cc2B2c3cc4c5cc(C(C)(C)C)ccc5n(-c5c(C)cccc5C)c4cc3N(c3c(C)cc(-c4cccc5c4-c4ccccc4C5(C)C)cc3C)c3cc(C(C)(C)C)cc1c32. The Kier molecular flexibility index (Phi) is 12.0. The molecule has 9 aromatic carbocycles. The molecule has 13 rings (SSSR count). The summed E-state index contributed by atoms with van der Waals surface area (Å²) in [4.78, 5) is 5.42. The molecule has 3 aliphatic rings. The first-order valence-corrected chi connectivity index (χ1v) is 30.5. The van der Waals surface area contributed by atoms with Crippen molar-refractivity contribution in [2.75, 3.05) is 9.80 Å². The van der Waals surface area contributed by atoms with Gasteiger partial charge in [-0.1, -0.05) is 194 Å². The predicted octanol–water partition coefficient (Wildman–Crippen LogP) is 19.9. The van der Waals surface area contributed by atoms with E-state index in [4.69, 9.17) is 0 Å². The van der Waals surface area contributed by atoms with Crippen molar-refractivity contribution in [3.63, 3.8) is 0 Å². The van der Waals surface area contributed by atoms with Crippen LogP contribution < -0.4 is 26.2 Å². The topological polar surface area (TPSA) is 11.4 Å². The first kappa shape index (κ1) is 54.7. The van der Waals surface area contributed by atoms with Gasteiger partial charge in [0.2, 0.25) is 0 Å². The van der Waals surface area contributed by atoms with Crippen LogP contribution in [-0.4, -0.2) is 11.3 Å². The molecule has 0 N–H and O–H groups in total. The van der Waals surface area contributed by atoms with Crippen LogP contribution in [0.15, 0.2) is 146 Å². The maximum absolute atomic E-state index is 2.73. The van der Waals surface area contributed by atoms with Crippen LogP contribution in [0.3, 0.4) is 0 Å². The first-order chi connectivity index (χ1) is 38.9. The molecule has 0 radical (unpaired) electrons. The lowest BCUT2D eigenvalue weighted by Crippen LogP contribution is -2.61. The average molecular weight is 1090 g/mol. The van der Waals surface area contributed by atoms with Gasteiger partial charge in [0.05, 0.1) is 28.1 Å². The molecule has 83 heavy (non-hydrogen) atoms. The lowest BCUT2D eigenvalue weighted by Gasteiger charge is -2.46. The van der Waals surface area contributed by atoms with Gasteiger partial charge in [0, 0.05) is 38.9 Å². The Morgan fingerprint density at radius 1 is 0.361 bits per heavy atom. The molecule has 0 fully saturated rings. The summed E-state index contributed by atoms with van der Waals surface area (Å²) in [7, 11) is 0. The van der Waals surface area contributed by atoms with Crippen molar-refractivity contribution in [1.29, 1.82) is 0 Å². The van der Waals surface area contributed by atoms with Gasteiger partial charge in [-0.05, 0) is 217 Å². The molecule has 0 saturated heterocycles. The molecular formula is C79H84BN3. The number of fused-ring (bicyclic) bond motifs is 10. The molecule has 2 aliphatic heterocycles. The second kappa shape index (κ2) is 18.2. The van der Waals surface area contributed by atoms with Crippen LogP contribution in [0.5, 0.6) is 0 Å². The van der Waals surface area contributed by atoms with E-state index < -0.39 is 0 Å².